The maximum atomic E-state index is 12.3. The Bertz CT molecular complexity index is 436. The van der Waals surface area contributed by atoms with E-state index in [1.807, 2.05) is 38.4 Å². The molecule has 1 aromatic rings. The second-order valence-corrected chi connectivity index (χ2v) is 5.91. The van der Waals surface area contributed by atoms with Gasteiger partial charge in [-0.15, -0.1) is 0 Å². The van der Waals surface area contributed by atoms with Gasteiger partial charge in [0.05, 0.1) is 5.60 Å². The first-order valence-corrected chi connectivity index (χ1v) is 6.40. The third kappa shape index (κ3) is 5.41. The zero-order valence-corrected chi connectivity index (χ0v) is 12.5. The van der Waals surface area contributed by atoms with Crippen LogP contribution in [0.3, 0.4) is 0 Å². The molecule has 0 aliphatic heterocycles. The molecule has 19 heavy (non-hydrogen) atoms. The Hall–Kier alpha value is -1.39. The predicted octanol–water partition coefficient (Wildman–Crippen LogP) is 1.59. The summed E-state index contributed by atoms with van der Waals surface area (Å²) in [4.78, 5) is 15.9. The van der Waals surface area contributed by atoms with Crippen molar-refractivity contribution < 1.29 is 9.90 Å². The molecule has 4 nitrogen and oxygen atoms in total. The Morgan fingerprint density at radius 2 is 1.89 bits per heavy atom. The van der Waals surface area contributed by atoms with E-state index >= 15 is 0 Å². The molecular formula is C15H24N2O2. The van der Waals surface area contributed by atoms with Crippen molar-refractivity contribution in [2.45, 2.75) is 26.0 Å². The second kappa shape index (κ2) is 6.17. The quantitative estimate of drug-likeness (QED) is 0.878. The zero-order chi connectivity index (χ0) is 14.6. The number of nitrogens with zero attached hydrogens (tertiary/aromatic N) is 2. The molecule has 0 fully saturated rings. The monoisotopic (exact) mass is 264 g/mol. The summed E-state index contributed by atoms with van der Waals surface area (Å²) in [6.45, 7) is 4.50. The van der Waals surface area contributed by atoms with E-state index in [9.17, 15) is 9.90 Å². The molecule has 0 heterocycles. The van der Waals surface area contributed by atoms with Crippen LogP contribution in [-0.2, 0) is 6.54 Å². The number of carbonyl (C=O) groups excluding carboxylic acids is 1. The fourth-order valence-corrected chi connectivity index (χ4v) is 2.04. The number of amides is 1. The standard InChI is InChI=1S/C15H24N2O2/c1-15(2,19)11-17(5)14(18)13-8-6-7-12(9-13)10-16(3)4/h6-9,19H,10-11H2,1-5H3. The van der Waals surface area contributed by atoms with Crippen LogP contribution in [0.2, 0.25) is 0 Å². The SMILES string of the molecule is CN(C)Cc1cccc(C(=O)N(C)CC(C)(C)O)c1. The van der Waals surface area contributed by atoms with Gasteiger partial charge in [0.25, 0.3) is 5.91 Å². The van der Waals surface area contributed by atoms with Crippen LogP contribution < -0.4 is 0 Å². The fraction of sp³-hybridized carbons (Fsp3) is 0.533. The van der Waals surface area contributed by atoms with E-state index in [1.165, 1.54) is 0 Å². The molecule has 1 aromatic carbocycles. The van der Waals surface area contributed by atoms with Gasteiger partial charge in [0.2, 0.25) is 0 Å². The third-order valence-corrected chi connectivity index (χ3v) is 2.64. The highest BCUT2D eigenvalue weighted by atomic mass is 16.3. The van der Waals surface area contributed by atoms with Gasteiger partial charge in [-0.2, -0.15) is 0 Å². The molecule has 0 aliphatic rings. The molecular weight excluding hydrogens is 240 g/mol. The zero-order valence-electron chi connectivity index (χ0n) is 12.5. The van der Waals surface area contributed by atoms with Crippen molar-refractivity contribution in [3.8, 4) is 0 Å². The van der Waals surface area contributed by atoms with Crippen molar-refractivity contribution in [3.63, 3.8) is 0 Å². The largest absolute Gasteiger partial charge is 0.389 e. The first-order valence-electron chi connectivity index (χ1n) is 6.40. The smallest absolute Gasteiger partial charge is 0.253 e. The first-order chi connectivity index (χ1) is 8.69. The van der Waals surface area contributed by atoms with Crippen LogP contribution in [0.15, 0.2) is 24.3 Å². The summed E-state index contributed by atoms with van der Waals surface area (Å²) in [6, 6.07) is 7.61. The van der Waals surface area contributed by atoms with E-state index in [2.05, 4.69) is 4.90 Å². The Morgan fingerprint density at radius 1 is 1.26 bits per heavy atom. The highest BCUT2D eigenvalue weighted by Gasteiger charge is 2.20. The first kappa shape index (κ1) is 15.7. The maximum absolute atomic E-state index is 12.3. The minimum Gasteiger partial charge on any atom is -0.389 e. The summed E-state index contributed by atoms with van der Waals surface area (Å²) in [7, 11) is 5.70. The van der Waals surface area contributed by atoms with Crippen molar-refractivity contribution in [2.75, 3.05) is 27.7 Å². The summed E-state index contributed by atoms with van der Waals surface area (Å²) >= 11 is 0. The van der Waals surface area contributed by atoms with Crippen molar-refractivity contribution in [2.24, 2.45) is 0 Å². The fourth-order valence-electron chi connectivity index (χ4n) is 2.04. The van der Waals surface area contributed by atoms with Crippen molar-refractivity contribution >= 4 is 5.91 Å². The summed E-state index contributed by atoms with van der Waals surface area (Å²) < 4.78 is 0. The maximum Gasteiger partial charge on any atom is 0.253 e. The molecule has 1 amide bonds. The molecule has 0 unspecified atom stereocenters. The Morgan fingerprint density at radius 3 is 2.42 bits per heavy atom. The number of carbonyl (C=O) groups is 1. The van der Waals surface area contributed by atoms with E-state index in [1.54, 1.807) is 25.8 Å². The number of likely N-dealkylation sites (N-methyl/N-ethyl adjacent to an activating group) is 1. The van der Waals surface area contributed by atoms with Gasteiger partial charge < -0.3 is 14.9 Å². The Kier molecular flexibility index (Phi) is 5.09. The van der Waals surface area contributed by atoms with Gasteiger partial charge in [0.15, 0.2) is 0 Å². The van der Waals surface area contributed by atoms with Crippen LogP contribution >= 0.6 is 0 Å². The molecule has 4 heteroatoms. The Balaban J connectivity index is 2.82. The summed E-state index contributed by atoms with van der Waals surface area (Å²) in [5.74, 6) is -0.0669. The number of rotatable bonds is 5. The number of aliphatic hydroxyl groups is 1. The molecule has 0 saturated heterocycles. The van der Waals surface area contributed by atoms with Crippen LogP contribution in [0, 0.1) is 0 Å². The molecule has 1 N–H and O–H groups in total. The lowest BCUT2D eigenvalue weighted by Crippen LogP contribution is -2.39. The highest BCUT2D eigenvalue weighted by Crippen LogP contribution is 2.11. The number of hydrogen-bond acceptors (Lipinski definition) is 3. The molecule has 1 rings (SSSR count). The van der Waals surface area contributed by atoms with Gasteiger partial charge >= 0.3 is 0 Å². The highest BCUT2D eigenvalue weighted by molar-refractivity contribution is 5.94. The molecule has 0 atom stereocenters. The summed E-state index contributed by atoms with van der Waals surface area (Å²) in [6.07, 6.45) is 0. The molecule has 0 aliphatic carbocycles. The molecule has 0 aromatic heterocycles. The summed E-state index contributed by atoms with van der Waals surface area (Å²) in [5.41, 5.74) is 0.879. The van der Waals surface area contributed by atoms with E-state index in [0.717, 1.165) is 12.1 Å². The Labute approximate surface area is 115 Å². The normalized spacial score (nSPS) is 11.7. The van der Waals surface area contributed by atoms with E-state index in [-0.39, 0.29) is 5.91 Å². The average molecular weight is 264 g/mol. The molecule has 0 bridgehead atoms. The molecule has 0 saturated carbocycles. The van der Waals surface area contributed by atoms with Gasteiger partial charge in [-0.25, -0.2) is 0 Å². The van der Waals surface area contributed by atoms with Gasteiger partial charge in [-0.3, -0.25) is 4.79 Å². The topological polar surface area (TPSA) is 43.8 Å². The lowest BCUT2D eigenvalue weighted by Gasteiger charge is -2.25. The van der Waals surface area contributed by atoms with Crippen molar-refractivity contribution in [1.29, 1.82) is 0 Å². The molecule has 0 spiro atoms. The molecule has 106 valence electrons. The van der Waals surface area contributed by atoms with Gasteiger partial charge in [0, 0.05) is 25.7 Å². The van der Waals surface area contributed by atoms with Crippen molar-refractivity contribution in [1.82, 2.24) is 9.80 Å². The molecule has 0 radical (unpaired) electrons. The van der Waals surface area contributed by atoms with Crippen molar-refractivity contribution in [3.05, 3.63) is 35.4 Å². The van der Waals surface area contributed by atoms with Crippen LogP contribution in [0.1, 0.15) is 29.8 Å². The lowest BCUT2D eigenvalue weighted by molar-refractivity contribution is 0.0368. The number of hydrogen-bond donors (Lipinski definition) is 1. The van der Waals surface area contributed by atoms with Gasteiger partial charge in [-0.1, -0.05) is 12.1 Å². The summed E-state index contributed by atoms with van der Waals surface area (Å²) in [5, 5.41) is 9.76. The second-order valence-electron chi connectivity index (χ2n) is 5.91. The van der Waals surface area contributed by atoms with Crippen LogP contribution in [0.5, 0.6) is 0 Å². The van der Waals surface area contributed by atoms with Crippen LogP contribution in [0.4, 0.5) is 0 Å². The van der Waals surface area contributed by atoms with Crippen LogP contribution in [0.25, 0.3) is 0 Å². The van der Waals surface area contributed by atoms with E-state index < -0.39 is 5.60 Å². The van der Waals surface area contributed by atoms with E-state index in [0.29, 0.717) is 12.1 Å². The lowest BCUT2D eigenvalue weighted by atomic mass is 10.1. The minimum absolute atomic E-state index is 0.0669. The van der Waals surface area contributed by atoms with Gasteiger partial charge in [-0.05, 0) is 45.6 Å². The van der Waals surface area contributed by atoms with Gasteiger partial charge in [0.1, 0.15) is 0 Å². The van der Waals surface area contributed by atoms with Crippen LogP contribution in [-0.4, -0.2) is 54.1 Å². The predicted molar refractivity (Wildman–Crippen MR) is 77.1 cm³/mol. The van der Waals surface area contributed by atoms with E-state index in [4.69, 9.17) is 0 Å². The minimum atomic E-state index is -0.883. The number of benzene rings is 1. The average Bonchev–Trinajstić information content (AvgIpc) is 2.25. The third-order valence-electron chi connectivity index (χ3n) is 2.64.